The molecule has 11 nitrogen and oxygen atoms in total. The van der Waals surface area contributed by atoms with Crippen LogP contribution in [0.4, 0.5) is 10.8 Å². The second-order valence-corrected chi connectivity index (χ2v) is 9.63. The number of nitro benzene ring substituents is 1. The fourth-order valence-corrected chi connectivity index (χ4v) is 5.16. The fourth-order valence-electron chi connectivity index (χ4n) is 4.14. The largest absolute Gasteiger partial charge is 0.507 e. The minimum atomic E-state index is -1.26. The van der Waals surface area contributed by atoms with Crippen LogP contribution in [0.5, 0.6) is 5.75 Å². The van der Waals surface area contributed by atoms with Crippen molar-refractivity contribution >= 4 is 45.6 Å². The van der Waals surface area contributed by atoms with E-state index in [9.17, 15) is 29.6 Å². The van der Waals surface area contributed by atoms with Gasteiger partial charge in [-0.05, 0) is 31.0 Å². The number of aromatic nitrogens is 1. The summed E-state index contributed by atoms with van der Waals surface area (Å²) in [6.07, 6.45) is 1.76. The lowest BCUT2D eigenvalue weighted by Crippen LogP contribution is -2.29. The summed E-state index contributed by atoms with van der Waals surface area (Å²) >= 11 is 0.836. The van der Waals surface area contributed by atoms with Crippen molar-refractivity contribution in [1.82, 2.24) is 4.98 Å². The smallest absolute Gasteiger partial charge is 0.350 e. The number of hydrogen-bond donors (Lipinski definition) is 1. The van der Waals surface area contributed by atoms with Gasteiger partial charge in [0, 0.05) is 17.7 Å². The highest BCUT2D eigenvalue weighted by atomic mass is 32.1. The van der Waals surface area contributed by atoms with Gasteiger partial charge in [0.2, 0.25) is 0 Å². The number of amides is 1. The summed E-state index contributed by atoms with van der Waals surface area (Å²) in [5, 5.41) is 22.9. The van der Waals surface area contributed by atoms with E-state index in [4.69, 9.17) is 9.47 Å². The van der Waals surface area contributed by atoms with Gasteiger partial charge in [0.05, 0.1) is 35.9 Å². The maximum atomic E-state index is 13.4. The van der Waals surface area contributed by atoms with Crippen molar-refractivity contribution in [3.63, 3.8) is 0 Å². The number of aryl methyl sites for hydroxylation is 1. The predicted molar refractivity (Wildman–Crippen MR) is 143 cm³/mol. The lowest BCUT2D eigenvalue weighted by atomic mass is 9.95. The van der Waals surface area contributed by atoms with E-state index in [-0.39, 0.29) is 38.1 Å². The normalized spacial score (nSPS) is 16.4. The van der Waals surface area contributed by atoms with Gasteiger partial charge in [0.15, 0.2) is 5.13 Å². The highest BCUT2D eigenvalue weighted by Gasteiger charge is 2.48. The topological polar surface area (TPSA) is 149 Å². The molecule has 0 bridgehead atoms. The minimum absolute atomic E-state index is 0.00204. The van der Waals surface area contributed by atoms with Crippen LogP contribution in [-0.4, -0.2) is 46.4 Å². The molecule has 0 saturated carbocycles. The molecule has 2 heterocycles. The van der Waals surface area contributed by atoms with Gasteiger partial charge in [-0.3, -0.25) is 24.6 Å². The quantitative estimate of drug-likeness (QED) is 0.0741. The molecule has 3 aromatic rings. The fraction of sp³-hybridized carbons (Fsp3) is 0.259. The van der Waals surface area contributed by atoms with Crippen LogP contribution in [0.15, 0.2) is 54.1 Å². The van der Waals surface area contributed by atoms with Gasteiger partial charge in [0.25, 0.3) is 11.5 Å². The number of ketones is 1. The Balaban J connectivity index is 1.90. The van der Waals surface area contributed by atoms with Gasteiger partial charge >= 0.3 is 11.9 Å². The molecule has 0 spiro atoms. The lowest BCUT2D eigenvalue weighted by molar-refractivity contribution is -0.384. The molecule has 12 heteroatoms. The van der Waals surface area contributed by atoms with Crippen LogP contribution in [-0.2, 0) is 14.3 Å². The number of benzene rings is 2. The number of methoxy groups -OCH3 is 1. The zero-order chi connectivity index (χ0) is 28.3. The molecule has 0 aliphatic carbocycles. The molecule has 1 fully saturated rings. The van der Waals surface area contributed by atoms with Gasteiger partial charge in [-0.25, -0.2) is 9.78 Å². The van der Waals surface area contributed by atoms with Crippen LogP contribution >= 0.6 is 11.3 Å². The van der Waals surface area contributed by atoms with E-state index in [1.807, 2.05) is 6.92 Å². The Morgan fingerprint density at radius 3 is 2.64 bits per heavy atom. The van der Waals surface area contributed by atoms with Crippen molar-refractivity contribution in [1.29, 1.82) is 0 Å². The van der Waals surface area contributed by atoms with E-state index in [0.29, 0.717) is 12.4 Å². The summed E-state index contributed by atoms with van der Waals surface area (Å²) < 4.78 is 10.5. The van der Waals surface area contributed by atoms with Crippen molar-refractivity contribution in [3.05, 3.63) is 85.9 Å². The first-order chi connectivity index (χ1) is 18.7. The van der Waals surface area contributed by atoms with Crippen molar-refractivity contribution < 1.29 is 33.9 Å². The van der Waals surface area contributed by atoms with Crippen LogP contribution in [0, 0.1) is 17.0 Å². The van der Waals surface area contributed by atoms with Crippen molar-refractivity contribution in [2.75, 3.05) is 18.6 Å². The number of non-ortho nitro benzene ring substituents is 1. The lowest BCUT2D eigenvalue weighted by Gasteiger charge is -2.23. The number of aliphatic hydroxyl groups is 1. The van der Waals surface area contributed by atoms with Crippen molar-refractivity contribution in [2.45, 2.75) is 32.7 Å². The first kappa shape index (κ1) is 27.5. The van der Waals surface area contributed by atoms with Gasteiger partial charge < -0.3 is 14.6 Å². The number of carbonyl (C=O) groups is 3. The highest BCUT2D eigenvalue weighted by Crippen LogP contribution is 2.44. The number of unbranched alkanes of at least 4 members (excludes halogenated alkanes) is 1. The Labute approximate surface area is 227 Å². The minimum Gasteiger partial charge on any atom is -0.507 e. The predicted octanol–water partition coefficient (Wildman–Crippen LogP) is 4.95. The highest BCUT2D eigenvalue weighted by molar-refractivity contribution is 7.17. The maximum Gasteiger partial charge on any atom is 0.350 e. The van der Waals surface area contributed by atoms with Crippen LogP contribution in [0.3, 0.4) is 0 Å². The summed E-state index contributed by atoms with van der Waals surface area (Å²) in [6, 6.07) is 10.6. The number of ether oxygens (including phenoxy) is 2. The van der Waals surface area contributed by atoms with Gasteiger partial charge in [-0.1, -0.05) is 48.9 Å². The third-order valence-corrected chi connectivity index (χ3v) is 7.21. The molecule has 202 valence electrons. The van der Waals surface area contributed by atoms with Crippen LogP contribution in [0.1, 0.15) is 52.3 Å². The Hall–Kier alpha value is -4.58. The van der Waals surface area contributed by atoms with Crippen LogP contribution in [0.2, 0.25) is 0 Å². The number of anilines is 1. The number of hydrogen-bond acceptors (Lipinski definition) is 10. The number of thiazole rings is 1. The number of aliphatic hydroxyl groups excluding tert-OH is 1. The average molecular weight is 552 g/mol. The zero-order valence-electron chi connectivity index (χ0n) is 21.4. The van der Waals surface area contributed by atoms with Crippen molar-refractivity contribution in [3.8, 4) is 5.75 Å². The molecule has 1 aliphatic rings. The number of nitrogens with zero attached hydrogens (tertiary/aromatic N) is 3. The first-order valence-corrected chi connectivity index (χ1v) is 12.8. The third-order valence-electron chi connectivity index (χ3n) is 6.08. The zero-order valence-corrected chi connectivity index (χ0v) is 22.2. The van der Waals surface area contributed by atoms with Crippen molar-refractivity contribution in [2.24, 2.45) is 0 Å². The maximum absolute atomic E-state index is 13.4. The third kappa shape index (κ3) is 5.36. The summed E-state index contributed by atoms with van der Waals surface area (Å²) in [5.74, 6) is -2.69. The second-order valence-electron chi connectivity index (χ2n) is 8.65. The van der Waals surface area contributed by atoms with Gasteiger partial charge in [-0.2, -0.15) is 0 Å². The summed E-state index contributed by atoms with van der Waals surface area (Å²) in [5.41, 5.74) is 0.155. The molecule has 39 heavy (non-hydrogen) atoms. The molecule has 1 unspecified atom stereocenters. The number of Topliss-reactive ketones (excluding diaryl/α,β-unsaturated/α-hetero) is 1. The molecular weight excluding hydrogens is 526 g/mol. The molecule has 0 radical (unpaired) electrons. The molecule has 1 aliphatic heterocycles. The molecule has 2 aromatic carbocycles. The Bertz CT molecular complexity index is 1500. The van der Waals surface area contributed by atoms with E-state index in [2.05, 4.69) is 4.98 Å². The summed E-state index contributed by atoms with van der Waals surface area (Å²) in [7, 11) is 1.20. The summed E-state index contributed by atoms with van der Waals surface area (Å²) in [4.78, 5) is 55.4. The monoisotopic (exact) mass is 551 g/mol. The van der Waals surface area contributed by atoms with E-state index < -0.39 is 34.4 Å². The SMILES string of the molecule is CCCCOc1cccc(C(O)=C2C(=O)C(=O)N(c3nc(C)c(C(=O)OC)s3)C2c2cccc([N+](=O)[O-])c2)c1. The second kappa shape index (κ2) is 11.4. The van der Waals surface area contributed by atoms with Crippen LogP contribution in [0.25, 0.3) is 5.76 Å². The number of carbonyl (C=O) groups excluding carboxylic acids is 3. The van der Waals surface area contributed by atoms with E-state index >= 15 is 0 Å². The molecular formula is C27H25N3O8S. The first-order valence-electron chi connectivity index (χ1n) is 12.0. The Morgan fingerprint density at radius 2 is 1.95 bits per heavy atom. The van der Waals surface area contributed by atoms with Crippen LogP contribution < -0.4 is 9.64 Å². The molecule has 1 atom stereocenters. The van der Waals surface area contributed by atoms with E-state index in [1.54, 1.807) is 31.2 Å². The molecule has 1 saturated heterocycles. The number of nitro groups is 1. The standard InChI is InChI=1S/C27H25N3O8S/c1-4-5-12-38-19-11-7-9-17(14-19)22(31)20-21(16-8-6-10-18(13-16)30(35)36)29(25(33)23(20)32)27-28-15(2)24(39-27)26(34)37-3/h6-11,13-14,21,31H,4-5,12H2,1-3H3. The molecule has 1 amide bonds. The molecule has 1 aromatic heterocycles. The van der Waals surface area contributed by atoms with Gasteiger partial charge in [-0.15, -0.1) is 0 Å². The number of rotatable bonds is 9. The average Bonchev–Trinajstić information content (AvgIpc) is 3.44. The summed E-state index contributed by atoms with van der Waals surface area (Å²) in [6.45, 7) is 4.04. The molecule has 1 N–H and O–H groups in total. The Morgan fingerprint density at radius 1 is 1.21 bits per heavy atom. The van der Waals surface area contributed by atoms with Gasteiger partial charge in [0.1, 0.15) is 16.4 Å². The Kier molecular flexibility index (Phi) is 8.05. The van der Waals surface area contributed by atoms with E-state index in [0.717, 1.165) is 29.1 Å². The molecule has 4 rings (SSSR count). The number of esters is 1. The van der Waals surface area contributed by atoms with E-state index in [1.165, 1.54) is 31.4 Å².